The van der Waals surface area contributed by atoms with Crippen LogP contribution < -0.4 is 14.8 Å². The molecular weight excluding hydrogens is 426 g/mol. The molecule has 33 heavy (non-hydrogen) atoms. The van der Waals surface area contributed by atoms with Crippen LogP contribution in [-0.2, 0) is 16.2 Å². The van der Waals surface area contributed by atoms with E-state index < -0.39 is 11.9 Å². The summed E-state index contributed by atoms with van der Waals surface area (Å²) in [7, 11) is 1.69. The number of hydrogen-bond acceptors (Lipinski definition) is 7. The Morgan fingerprint density at radius 3 is 2.48 bits per heavy atom. The molecule has 1 aromatic heterocycles. The van der Waals surface area contributed by atoms with Crippen LogP contribution in [-0.4, -0.2) is 65.3 Å². The molecule has 0 bridgehead atoms. The lowest BCUT2D eigenvalue weighted by Gasteiger charge is -2.23. The monoisotopic (exact) mass is 457 g/mol. The standard InChI is InChI=1S/C20H27N3O2.C4H4O4/c1-4-23(5-2)12-11-22-20-16-7-6-10-21-18(16)14-25-19-9-8-15(24-3)13-17(19)20;5-3(6)1-2-4(7)8/h6-10,13,20,22H,4-5,11-12,14H2,1-3H3;1-2H,(H,5,6)(H,7,8)/b;2-1+. The molecule has 2 heterocycles. The van der Waals surface area contributed by atoms with Crippen LogP contribution in [0.15, 0.2) is 48.7 Å². The average Bonchev–Trinajstić information content (AvgIpc) is 2.97. The van der Waals surface area contributed by atoms with Crippen molar-refractivity contribution in [3.05, 3.63) is 65.5 Å². The zero-order chi connectivity index (χ0) is 24.2. The summed E-state index contributed by atoms with van der Waals surface area (Å²) in [5, 5.41) is 19.3. The molecule has 0 amide bonds. The second-order valence-electron chi connectivity index (χ2n) is 7.16. The number of hydrogen-bond donors (Lipinski definition) is 3. The van der Waals surface area contributed by atoms with Crippen LogP contribution in [0.5, 0.6) is 11.5 Å². The lowest BCUT2D eigenvalue weighted by atomic mass is 9.97. The molecule has 0 saturated carbocycles. The van der Waals surface area contributed by atoms with E-state index in [0.717, 1.165) is 48.9 Å². The summed E-state index contributed by atoms with van der Waals surface area (Å²) < 4.78 is 11.4. The van der Waals surface area contributed by atoms with E-state index >= 15 is 0 Å². The third kappa shape index (κ3) is 7.89. The topological polar surface area (TPSA) is 121 Å². The number of methoxy groups -OCH3 is 1. The maximum atomic E-state index is 9.55. The van der Waals surface area contributed by atoms with Crippen molar-refractivity contribution in [3.63, 3.8) is 0 Å². The van der Waals surface area contributed by atoms with Crippen molar-refractivity contribution in [2.45, 2.75) is 26.5 Å². The first-order chi connectivity index (χ1) is 15.9. The number of pyridine rings is 1. The third-order valence-electron chi connectivity index (χ3n) is 5.17. The Labute approximate surface area is 193 Å². The highest BCUT2D eigenvalue weighted by Crippen LogP contribution is 2.37. The second-order valence-corrected chi connectivity index (χ2v) is 7.16. The van der Waals surface area contributed by atoms with Crippen LogP contribution in [0.3, 0.4) is 0 Å². The first-order valence-electron chi connectivity index (χ1n) is 10.7. The molecule has 0 saturated heterocycles. The highest BCUT2D eigenvalue weighted by molar-refractivity contribution is 5.89. The number of nitrogens with zero attached hydrogens (tertiary/aromatic N) is 2. The lowest BCUT2D eigenvalue weighted by Crippen LogP contribution is -2.34. The molecule has 2 aromatic rings. The molecular formula is C24H31N3O6. The van der Waals surface area contributed by atoms with Gasteiger partial charge in [-0.2, -0.15) is 0 Å². The SMILES string of the molecule is CCN(CC)CCNC1c2cc(OC)ccc2OCc2ncccc21.O=C(O)/C=C/C(=O)O. The number of aromatic nitrogens is 1. The second kappa shape index (κ2) is 13.2. The Morgan fingerprint density at radius 1 is 1.18 bits per heavy atom. The maximum absolute atomic E-state index is 9.55. The van der Waals surface area contributed by atoms with Gasteiger partial charge in [-0.15, -0.1) is 0 Å². The lowest BCUT2D eigenvalue weighted by molar-refractivity contribution is -0.134. The Morgan fingerprint density at radius 2 is 1.88 bits per heavy atom. The Bertz CT molecular complexity index is 943. The van der Waals surface area contributed by atoms with Crippen molar-refractivity contribution in [1.29, 1.82) is 0 Å². The Balaban J connectivity index is 0.000000414. The van der Waals surface area contributed by atoms with Crippen molar-refractivity contribution in [2.75, 3.05) is 33.3 Å². The summed E-state index contributed by atoms with van der Waals surface area (Å²) in [4.78, 5) is 26.0. The fourth-order valence-electron chi connectivity index (χ4n) is 3.43. The summed E-state index contributed by atoms with van der Waals surface area (Å²) in [6.07, 6.45) is 2.94. The van der Waals surface area contributed by atoms with Crippen molar-refractivity contribution in [3.8, 4) is 11.5 Å². The van der Waals surface area contributed by atoms with E-state index in [2.05, 4.69) is 41.2 Å². The van der Waals surface area contributed by atoms with Gasteiger partial charge in [-0.25, -0.2) is 9.59 Å². The molecule has 178 valence electrons. The van der Waals surface area contributed by atoms with Crippen molar-refractivity contribution in [2.24, 2.45) is 0 Å². The van der Waals surface area contributed by atoms with Crippen LogP contribution in [0.25, 0.3) is 0 Å². The summed E-state index contributed by atoms with van der Waals surface area (Å²) >= 11 is 0. The highest BCUT2D eigenvalue weighted by atomic mass is 16.5. The zero-order valence-corrected chi connectivity index (χ0v) is 19.2. The van der Waals surface area contributed by atoms with Gasteiger partial charge in [-0.3, -0.25) is 4.98 Å². The normalized spacial score (nSPS) is 14.4. The van der Waals surface area contributed by atoms with Crippen LogP contribution in [0.4, 0.5) is 0 Å². The van der Waals surface area contributed by atoms with E-state index in [-0.39, 0.29) is 6.04 Å². The van der Waals surface area contributed by atoms with Crippen LogP contribution in [0.1, 0.15) is 36.7 Å². The zero-order valence-electron chi connectivity index (χ0n) is 19.2. The van der Waals surface area contributed by atoms with Gasteiger partial charge < -0.3 is 29.9 Å². The number of carbonyl (C=O) groups is 2. The highest BCUT2D eigenvalue weighted by Gasteiger charge is 2.25. The fraction of sp³-hybridized carbons (Fsp3) is 0.375. The Kier molecular flexibility index (Phi) is 10.3. The van der Waals surface area contributed by atoms with E-state index in [1.165, 1.54) is 5.56 Å². The number of nitrogens with one attached hydrogen (secondary N) is 1. The molecule has 3 rings (SSSR count). The van der Waals surface area contributed by atoms with E-state index in [0.29, 0.717) is 18.8 Å². The average molecular weight is 458 g/mol. The molecule has 9 heteroatoms. The predicted molar refractivity (Wildman–Crippen MR) is 124 cm³/mol. The quantitative estimate of drug-likeness (QED) is 0.488. The molecule has 1 aliphatic heterocycles. The molecule has 9 nitrogen and oxygen atoms in total. The van der Waals surface area contributed by atoms with Gasteiger partial charge in [0.05, 0.1) is 18.8 Å². The van der Waals surface area contributed by atoms with Crippen molar-refractivity contribution in [1.82, 2.24) is 15.2 Å². The molecule has 3 N–H and O–H groups in total. The first-order valence-corrected chi connectivity index (χ1v) is 10.7. The molecule has 1 aromatic carbocycles. The number of benzene rings is 1. The number of carboxylic acid groups (broad SMARTS) is 2. The minimum absolute atomic E-state index is 0.0480. The molecule has 0 radical (unpaired) electrons. The van der Waals surface area contributed by atoms with Crippen molar-refractivity contribution < 1.29 is 29.3 Å². The predicted octanol–water partition coefficient (Wildman–Crippen LogP) is 2.72. The van der Waals surface area contributed by atoms with E-state index in [9.17, 15) is 9.59 Å². The van der Waals surface area contributed by atoms with Gasteiger partial charge in [0.25, 0.3) is 0 Å². The summed E-state index contributed by atoms with van der Waals surface area (Å²) in [5.41, 5.74) is 3.26. The molecule has 0 aliphatic carbocycles. The maximum Gasteiger partial charge on any atom is 0.328 e. The number of carboxylic acids is 2. The molecule has 1 unspecified atom stereocenters. The largest absolute Gasteiger partial charge is 0.497 e. The van der Waals surface area contributed by atoms with Crippen LogP contribution >= 0.6 is 0 Å². The van der Waals surface area contributed by atoms with Gasteiger partial charge in [0.15, 0.2) is 0 Å². The molecule has 1 atom stereocenters. The van der Waals surface area contributed by atoms with Gasteiger partial charge in [-0.05, 0) is 42.9 Å². The minimum atomic E-state index is -1.26. The van der Waals surface area contributed by atoms with Crippen LogP contribution in [0.2, 0.25) is 0 Å². The van der Waals surface area contributed by atoms with E-state index in [1.54, 1.807) is 7.11 Å². The first kappa shape index (κ1) is 25.8. The smallest absolute Gasteiger partial charge is 0.328 e. The molecule has 0 fully saturated rings. The van der Waals surface area contributed by atoms with Gasteiger partial charge in [0.2, 0.25) is 0 Å². The van der Waals surface area contributed by atoms with E-state index in [1.807, 2.05) is 24.4 Å². The minimum Gasteiger partial charge on any atom is -0.497 e. The van der Waals surface area contributed by atoms with Gasteiger partial charge in [0, 0.05) is 37.0 Å². The number of aliphatic carboxylic acids is 2. The van der Waals surface area contributed by atoms with Crippen molar-refractivity contribution >= 4 is 11.9 Å². The van der Waals surface area contributed by atoms with E-state index in [4.69, 9.17) is 19.7 Å². The van der Waals surface area contributed by atoms with Crippen LogP contribution in [0, 0.1) is 0 Å². The van der Waals surface area contributed by atoms with Gasteiger partial charge in [-0.1, -0.05) is 19.9 Å². The van der Waals surface area contributed by atoms with Gasteiger partial charge in [0.1, 0.15) is 18.1 Å². The summed E-state index contributed by atoms with van der Waals surface area (Å²) in [6, 6.07) is 10.2. The number of ether oxygens (including phenoxy) is 2. The third-order valence-corrected chi connectivity index (χ3v) is 5.17. The summed E-state index contributed by atoms with van der Waals surface area (Å²) in [6.45, 7) is 8.92. The molecule has 1 aliphatic rings. The number of rotatable bonds is 9. The number of likely N-dealkylation sites (N-methyl/N-ethyl adjacent to an activating group) is 1. The molecule has 0 spiro atoms. The summed E-state index contributed by atoms with van der Waals surface area (Å²) in [5.74, 6) is -0.788. The Hall–Kier alpha value is -3.43. The number of fused-ring (bicyclic) bond motifs is 2. The van der Waals surface area contributed by atoms with Gasteiger partial charge >= 0.3 is 11.9 Å². The fourth-order valence-corrected chi connectivity index (χ4v) is 3.43.